The molecule has 2 amide bonds. The molecule has 0 aliphatic rings. The zero-order valence-electron chi connectivity index (χ0n) is 13.6. The highest BCUT2D eigenvalue weighted by Gasteiger charge is 2.09. The summed E-state index contributed by atoms with van der Waals surface area (Å²) < 4.78 is 10.5. The molecule has 0 atom stereocenters. The summed E-state index contributed by atoms with van der Waals surface area (Å²) >= 11 is 0. The number of anilines is 1. The molecule has 0 heterocycles. The molecular formula is C18H17N3O4. The third kappa shape index (κ3) is 5.55. The maximum absolute atomic E-state index is 11.8. The minimum Gasteiger partial charge on any atom is -0.493 e. The first kappa shape index (κ1) is 17.8. The highest BCUT2D eigenvalue weighted by molar-refractivity contribution is 5.94. The molecule has 0 spiro atoms. The molecule has 0 saturated carbocycles. The number of nitriles is 1. The summed E-state index contributed by atoms with van der Waals surface area (Å²) in [7, 11) is 1.51. The fourth-order valence-corrected chi connectivity index (χ4v) is 1.98. The fourth-order valence-electron chi connectivity index (χ4n) is 1.98. The van der Waals surface area contributed by atoms with Crippen molar-refractivity contribution in [2.45, 2.75) is 0 Å². The number of methoxy groups -OCH3 is 1. The molecule has 0 unspecified atom stereocenters. The molecular weight excluding hydrogens is 322 g/mol. The maximum Gasteiger partial charge on any atom is 0.258 e. The van der Waals surface area contributed by atoms with Crippen LogP contribution >= 0.6 is 0 Å². The van der Waals surface area contributed by atoms with Gasteiger partial charge in [0.25, 0.3) is 5.91 Å². The van der Waals surface area contributed by atoms with Gasteiger partial charge in [-0.05, 0) is 30.3 Å². The lowest BCUT2D eigenvalue weighted by Gasteiger charge is -2.10. The number of hydrogen-bond acceptors (Lipinski definition) is 5. The molecule has 7 nitrogen and oxygen atoms in total. The first-order chi connectivity index (χ1) is 12.1. The molecule has 0 saturated heterocycles. The van der Waals surface area contributed by atoms with Crippen molar-refractivity contribution in [2.24, 2.45) is 0 Å². The number of para-hydroxylation sites is 2. The highest BCUT2D eigenvalue weighted by atomic mass is 16.5. The molecule has 0 radical (unpaired) electrons. The predicted octanol–water partition coefficient (Wildman–Crippen LogP) is 1.70. The van der Waals surface area contributed by atoms with Gasteiger partial charge in [0.2, 0.25) is 5.91 Å². The van der Waals surface area contributed by atoms with Crippen LogP contribution in [0.1, 0.15) is 5.56 Å². The standard InChI is InChI=1S/C18H17N3O4/c1-24-15-7-2-3-8-16(15)25-12-18(23)20-11-17(22)21-14-6-4-5-13(9-14)10-19/h2-9H,11-12H2,1H3,(H,20,23)(H,21,22). The fraction of sp³-hybridized carbons (Fsp3) is 0.167. The van der Waals surface area contributed by atoms with Gasteiger partial charge in [-0.15, -0.1) is 0 Å². The second kappa shape index (κ2) is 8.93. The smallest absolute Gasteiger partial charge is 0.258 e. The molecule has 0 aromatic heterocycles. The molecule has 0 aliphatic heterocycles. The van der Waals surface area contributed by atoms with E-state index in [9.17, 15) is 9.59 Å². The van der Waals surface area contributed by atoms with Gasteiger partial charge < -0.3 is 20.1 Å². The predicted molar refractivity (Wildman–Crippen MR) is 91.3 cm³/mol. The Kier molecular flexibility index (Phi) is 6.37. The Morgan fingerprint density at radius 1 is 1.08 bits per heavy atom. The quantitative estimate of drug-likeness (QED) is 0.800. The van der Waals surface area contributed by atoms with Crippen LogP contribution in [0.2, 0.25) is 0 Å². The second-order valence-corrected chi connectivity index (χ2v) is 4.96. The van der Waals surface area contributed by atoms with Gasteiger partial charge in [0.05, 0.1) is 25.3 Å². The lowest BCUT2D eigenvalue weighted by atomic mass is 10.2. The number of amides is 2. The van der Waals surface area contributed by atoms with E-state index in [4.69, 9.17) is 14.7 Å². The summed E-state index contributed by atoms with van der Waals surface area (Å²) in [6.45, 7) is -0.442. The molecule has 7 heteroatoms. The van der Waals surface area contributed by atoms with E-state index in [-0.39, 0.29) is 13.2 Å². The van der Waals surface area contributed by atoms with Crippen LogP contribution < -0.4 is 20.1 Å². The largest absolute Gasteiger partial charge is 0.493 e. The van der Waals surface area contributed by atoms with Crippen LogP contribution in [0.3, 0.4) is 0 Å². The van der Waals surface area contributed by atoms with E-state index in [0.29, 0.717) is 22.7 Å². The minimum absolute atomic E-state index is 0.203. The Morgan fingerprint density at radius 3 is 2.56 bits per heavy atom. The van der Waals surface area contributed by atoms with Crippen molar-refractivity contribution in [1.82, 2.24) is 5.32 Å². The lowest BCUT2D eigenvalue weighted by Crippen LogP contribution is -2.35. The van der Waals surface area contributed by atoms with Gasteiger partial charge in [0.1, 0.15) is 0 Å². The molecule has 2 N–H and O–H groups in total. The minimum atomic E-state index is -0.438. The number of carbonyl (C=O) groups is 2. The topological polar surface area (TPSA) is 100 Å². The van der Waals surface area contributed by atoms with Crippen LogP contribution in [0.4, 0.5) is 5.69 Å². The molecule has 0 aliphatic carbocycles. The molecule has 2 aromatic rings. The lowest BCUT2D eigenvalue weighted by molar-refractivity contribution is -0.125. The van der Waals surface area contributed by atoms with Gasteiger partial charge in [0.15, 0.2) is 18.1 Å². The van der Waals surface area contributed by atoms with Crippen LogP contribution in [0.25, 0.3) is 0 Å². The summed E-state index contributed by atoms with van der Waals surface area (Å²) in [5.74, 6) is 0.121. The molecule has 25 heavy (non-hydrogen) atoms. The van der Waals surface area contributed by atoms with Crippen molar-refractivity contribution < 1.29 is 19.1 Å². The number of ether oxygens (including phenoxy) is 2. The van der Waals surface area contributed by atoms with E-state index in [0.717, 1.165) is 0 Å². The average Bonchev–Trinajstić information content (AvgIpc) is 2.65. The Morgan fingerprint density at radius 2 is 1.84 bits per heavy atom. The van der Waals surface area contributed by atoms with Crippen molar-refractivity contribution >= 4 is 17.5 Å². The van der Waals surface area contributed by atoms with E-state index in [1.54, 1.807) is 48.5 Å². The second-order valence-electron chi connectivity index (χ2n) is 4.96. The van der Waals surface area contributed by atoms with Crippen molar-refractivity contribution in [3.05, 3.63) is 54.1 Å². The highest BCUT2D eigenvalue weighted by Crippen LogP contribution is 2.25. The summed E-state index contributed by atoms with van der Waals surface area (Å²) in [6.07, 6.45) is 0. The monoisotopic (exact) mass is 339 g/mol. The van der Waals surface area contributed by atoms with E-state index in [1.807, 2.05) is 6.07 Å². The maximum atomic E-state index is 11.8. The van der Waals surface area contributed by atoms with Crippen molar-refractivity contribution in [2.75, 3.05) is 25.6 Å². The van der Waals surface area contributed by atoms with Gasteiger partial charge in [-0.1, -0.05) is 18.2 Å². The number of carbonyl (C=O) groups excluding carboxylic acids is 2. The van der Waals surface area contributed by atoms with E-state index in [2.05, 4.69) is 10.6 Å². The van der Waals surface area contributed by atoms with Crippen LogP contribution in [0.15, 0.2) is 48.5 Å². The van der Waals surface area contributed by atoms with Gasteiger partial charge in [-0.25, -0.2) is 0 Å². The van der Waals surface area contributed by atoms with Crippen LogP contribution in [0, 0.1) is 11.3 Å². The summed E-state index contributed by atoms with van der Waals surface area (Å²) in [6, 6.07) is 15.4. The Bertz CT molecular complexity index is 799. The van der Waals surface area contributed by atoms with Crippen molar-refractivity contribution in [1.29, 1.82) is 5.26 Å². The van der Waals surface area contributed by atoms with E-state index in [1.165, 1.54) is 7.11 Å². The van der Waals surface area contributed by atoms with Gasteiger partial charge in [-0.3, -0.25) is 9.59 Å². The van der Waals surface area contributed by atoms with Crippen LogP contribution in [0.5, 0.6) is 11.5 Å². The van der Waals surface area contributed by atoms with Crippen molar-refractivity contribution in [3.8, 4) is 17.6 Å². The number of rotatable bonds is 7. The Balaban J connectivity index is 1.77. The molecule has 0 bridgehead atoms. The summed E-state index contributed by atoms with van der Waals surface area (Å²) in [5, 5.41) is 13.9. The van der Waals surface area contributed by atoms with Crippen molar-refractivity contribution in [3.63, 3.8) is 0 Å². The van der Waals surface area contributed by atoms with Gasteiger partial charge in [0, 0.05) is 5.69 Å². The van der Waals surface area contributed by atoms with E-state index < -0.39 is 11.8 Å². The van der Waals surface area contributed by atoms with E-state index >= 15 is 0 Å². The van der Waals surface area contributed by atoms with Crippen LogP contribution in [-0.2, 0) is 9.59 Å². The number of hydrogen-bond donors (Lipinski definition) is 2. The zero-order valence-corrected chi connectivity index (χ0v) is 13.6. The molecule has 2 aromatic carbocycles. The summed E-state index contributed by atoms with van der Waals surface area (Å²) in [4.78, 5) is 23.6. The average molecular weight is 339 g/mol. The molecule has 0 fully saturated rings. The molecule has 2 rings (SSSR count). The summed E-state index contributed by atoms with van der Waals surface area (Å²) in [5.41, 5.74) is 0.926. The Labute approximate surface area is 145 Å². The number of nitrogens with zero attached hydrogens (tertiary/aromatic N) is 1. The number of nitrogens with one attached hydrogen (secondary N) is 2. The van der Waals surface area contributed by atoms with Crippen LogP contribution in [-0.4, -0.2) is 32.1 Å². The zero-order chi connectivity index (χ0) is 18.1. The molecule has 128 valence electrons. The van der Waals surface area contributed by atoms with Gasteiger partial charge >= 0.3 is 0 Å². The SMILES string of the molecule is COc1ccccc1OCC(=O)NCC(=O)Nc1cccc(C#N)c1. The third-order valence-electron chi connectivity index (χ3n) is 3.15. The first-order valence-electron chi connectivity index (χ1n) is 7.45. The Hall–Kier alpha value is -3.53. The first-order valence-corrected chi connectivity index (χ1v) is 7.45. The third-order valence-corrected chi connectivity index (χ3v) is 3.15. The normalized spacial score (nSPS) is 9.60. The van der Waals surface area contributed by atoms with Gasteiger partial charge in [-0.2, -0.15) is 5.26 Å². The number of benzene rings is 2.